The van der Waals surface area contributed by atoms with Crippen LogP contribution in [0.3, 0.4) is 0 Å². The fourth-order valence-corrected chi connectivity index (χ4v) is 3.99. The van der Waals surface area contributed by atoms with E-state index >= 15 is 0 Å². The van der Waals surface area contributed by atoms with Crippen molar-refractivity contribution in [2.75, 3.05) is 0 Å². The smallest absolute Gasteiger partial charge is 0.244 e. The average Bonchev–Trinajstić information content (AvgIpc) is 2.63. The van der Waals surface area contributed by atoms with Gasteiger partial charge in [-0.3, -0.25) is 4.68 Å². The number of aryl methyl sites for hydroxylation is 2. The van der Waals surface area contributed by atoms with E-state index in [0.29, 0.717) is 17.0 Å². The molecule has 0 aliphatic rings. The first-order chi connectivity index (χ1) is 9.74. The minimum absolute atomic E-state index is 0.146. The normalized spacial score (nSPS) is 13.4. The number of sulfonamides is 1. The Balaban J connectivity index is 2.36. The number of halogens is 1. The topological polar surface area (TPSA) is 64.0 Å². The van der Waals surface area contributed by atoms with Crippen molar-refractivity contribution in [3.05, 3.63) is 47.0 Å². The number of nitrogens with zero attached hydrogens (tertiary/aromatic N) is 2. The number of benzene rings is 1. The zero-order valence-corrected chi connectivity index (χ0v) is 13.2. The maximum Gasteiger partial charge on any atom is 0.244 e. The molecule has 0 unspecified atom stereocenters. The van der Waals surface area contributed by atoms with Crippen LogP contribution in [-0.2, 0) is 17.1 Å². The molecule has 0 fully saturated rings. The minimum Gasteiger partial charge on any atom is -0.271 e. The van der Waals surface area contributed by atoms with Crippen molar-refractivity contribution in [3.63, 3.8) is 0 Å². The third-order valence-corrected chi connectivity index (χ3v) is 5.21. The van der Waals surface area contributed by atoms with Crippen molar-refractivity contribution in [1.29, 1.82) is 0 Å². The molecular weight excluding hydrogens is 293 g/mol. The van der Waals surface area contributed by atoms with Gasteiger partial charge in [0.2, 0.25) is 10.0 Å². The Bertz CT molecular complexity index is 769. The van der Waals surface area contributed by atoms with E-state index in [0.717, 1.165) is 0 Å². The highest BCUT2D eigenvalue weighted by molar-refractivity contribution is 7.89. The summed E-state index contributed by atoms with van der Waals surface area (Å²) in [6.07, 6.45) is 0. The first-order valence-electron chi connectivity index (χ1n) is 6.51. The zero-order chi connectivity index (χ0) is 15.8. The molecule has 114 valence electrons. The van der Waals surface area contributed by atoms with Gasteiger partial charge in [-0.15, -0.1) is 0 Å². The van der Waals surface area contributed by atoms with Gasteiger partial charge in [-0.1, -0.05) is 18.2 Å². The molecule has 0 aliphatic carbocycles. The van der Waals surface area contributed by atoms with Gasteiger partial charge in [0.25, 0.3) is 0 Å². The van der Waals surface area contributed by atoms with Gasteiger partial charge in [-0.05, 0) is 26.8 Å². The van der Waals surface area contributed by atoms with E-state index in [1.54, 1.807) is 46.0 Å². The van der Waals surface area contributed by atoms with Crippen molar-refractivity contribution in [1.82, 2.24) is 14.5 Å². The van der Waals surface area contributed by atoms with Crippen molar-refractivity contribution in [2.45, 2.75) is 31.7 Å². The molecule has 2 aromatic rings. The highest BCUT2D eigenvalue weighted by Crippen LogP contribution is 2.23. The van der Waals surface area contributed by atoms with Gasteiger partial charge < -0.3 is 0 Å². The molecule has 1 N–H and O–H groups in total. The molecule has 2 rings (SSSR count). The van der Waals surface area contributed by atoms with Crippen LogP contribution in [-0.4, -0.2) is 18.2 Å². The summed E-state index contributed by atoms with van der Waals surface area (Å²) in [5.74, 6) is -0.438. The summed E-state index contributed by atoms with van der Waals surface area (Å²) in [7, 11) is -2.08. The molecule has 1 heterocycles. The van der Waals surface area contributed by atoms with Crippen molar-refractivity contribution < 1.29 is 12.8 Å². The van der Waals surface area contributed by atoms with Crippen LogP contribution in [0, 0.1) is 19.7 Å². The van der Waals surface area contributed by atoms with Crippen LogP contribution in [0.1, 0.15) is 29.9 Å². The van der Waals surface area contributed by atoms with E-state index in [1.165, 1.54) is 10.7 Å². The second-order valence-electron chi connectivity index (χ2n) is 4.99. The molecule has 0 amide bonds. The molecule has 1 aromatic carbocycles. The lowest BCUT2D eigenvalue weighted by atomic mass is 10.1. The lowest BCUT2D eigenvalue weighted by Gasteiger charge is -2.15. The molecule has 0 saturated carbocycles. The van der Waals surface area contributed by atoms with E-state index in [2.05, 4.69) is 9.82 Å². The van der Waals surface area contributed by atoms with Crippen molar-refractivity contribution in [2.24, 2.45) is 7.05 Å². The van der Waals surface area contributed by atoms with E-state index in [4.69, 9.17) is 0 Å². The molecular formula is C14H18FN3O2S. The summed E-state index contributed by atoms with van der Waals surface area (Å²) < 4.78 is 42.7. The van der Waals surface area contributed by atoms with Crippen molar-refractivity contribution in [3.8, 4) is 0 Å². The van der Waals surface area contributed by atoms with E-state index in [1.807, 2.05) is 0 Å². The largest absolute Gasteiger partial charge is 0.271 e. The number of nitrogens with one attached hydrogen (secondary N) is 1. The number of hydrogen-bond donors (Lipinski definition) is 1. The second-order valence-corrected chi connectivity index (χ2v) is 6.64. The zero-order valence-electron chi connectivity index (χ0n) is 12.4. The first-order valence-corrected chi connectivity index (χ1v) is 7.99. The Morgan fingerprint density at radius 1 is 1.29 bits per heavy atom. The molecule has 21 heavy (non-hydrogen) atoms. The van der Waals surface area contributed by atoms with E-state index in [-0.39, 0.29) is 4.90 Å². The predicted octanol–water partition coefficient (Wildman–Crippen LogP) is 2.22. The highest BCUT2D eigenvalue weighted by Gasteiger charge is 2.26. The van der Waals surface area contributed by atoms with Crippen LogP contribution >= 0.6 is 0 Å². The highest BCUT2D eigenvalue weighted by atomic mass is 32.2. The number of aromatic nitrogens is 2. The Hall–Kier alpha value is -1.73. The van der Waals surface area contributed by atoms with Gasteiger partial charge in [0.05, 0.1) is 11.4 Å². The summed E-state index contributed by atoms with van der Waals surface area (Å²) in [6, 6.07) is 5.43. The maximum absolute atomic E-state index is 13.7. The minimum atomic E-state index is -3.76. The Kier molecular flexibility index (Phi) is 4.15. The molecule has 0 radical (unpaired) electrons. The number of rotatable bonds is 4. The molecule has 0 saturated heterocycles. The van der Waals surface area contributed by atoms with Gasteiger partial charge in [-0.25, -0.2) is 17.5 Å². The maximum atomic E-state index is 13.7. The average molecular weight is 311 g/mol. The van der Waals surface area contributed by atoms with Gasteiger partial charge in [-0.2, -0.15) is 5.10 Å². The van der Waals surface area contributed by atoms with Crippen LogP contribution < -0.4 is 4.72 Å². The molecule has 1 atom stereocenters. The summed E-state index contributed by atoms with van der Waals surface area (Å²) in [6.45, 7) is 4.93. The number of hydrogen-bond acceptors (Lipinski definition) is 3. The van der Waals surface area contributed by atoms with E-state index < -0.39 is 21.9 Å². The quantitative estimate of drug-likeness (QED) is 0.941. The van der Waals surface area contributed by atoms with Gasteiger partial charge in [0, 0.05) is 18.7 Å². The fourth-order valence-electron chi connectivity index (χ4n) is 2.32. The Morgan fingerprint density at radius 2 is 1.90 bits per heavy atom. The molecule has 0 spiro atoms. The predicted molar refractivity (Wildman–Crippen MR) is 77.8 cm³/mol. The standard InChI is InChI=1S/C14H18FN3O2S/c1-9(12-7-5-6-8-13(12)15)17-21(19,20)14-10(2)16-18(4)11(14)3/h5-9,17H,1-4H3/t9-/m0/s1. The van der Waals surface area contributed by atoms with E-state index in [9.17, 15) is 12.8 Å². The summed E-state index contributed by atoms with van der Waals surface area (Å²) in [5.41, 5.74) is 1.27. The molecule has 5 nitrogen and oxygen atoms in total. The van der Waals surface area contributed by atoms with Gasteiger partial charge in [0.1, 0.15) is 10.7 Å². The summed E-state index contributed by atoms with van der Waals surface area (Å²) in [4.78, 5) is 0.146. The Labute approximate surface area is 123 Å². The third kappa shape index (κ3) is 2.98. The third-order valence-electron chi connectivity index (χ3n) is 3.42. The van der Waals surface area contributed by atoms with Crippen LogP contribution in [0.5, 0.6) is 0 Å². The molecule has 1 aromatic heterocycles. The summed E-state index contributed by atoms with van der Waals surface area (Å²) in [5, 5.41) is 4.10. The molecule has 7 heteroatoms. The van der Waals surface area contributed by atoms with Gasteiger partial charge >= 0.3 is 0 Å². The lowest BCUT2D eigenvalue weighted by Crippen LogP contribution is -2.28. The molecule has 0 aliphatic heterocycles. The Morgan fingerprint density at radius 3 is 2.43 bits per heavy atom. The van der Waals surface area contributed by atoms with Crippen LogP contribution in [0.4, 0.5) is 4.39 Å². The first kappa shape index (κ1) is 15.7. The van der Waals surface area contributed by atoms with Crippen LogP contribution in [0.15, 0.2) is 29.2 Å². The monoisotopic (exact) mass is 311 g/mol. The van der Waals surface area contributed by atoms with Crippen LogP contribution in [0.2, 0.25) is 0 Å². The molecule has 0 bridgehead atoms. The van der Waals surface area contributed by atoms with Gasteiger partial charge in [0.15, 0.2) is 0 Å². The second kappa shape index (κ2) is 5.57. The summed E-state index contributed by atoms with van der Waals surface area (Å²) >= 11 is 0. The van der Waals surface area contributed by atoms with Crippen molar-refractivity contribution >= 4 is 10.0 Å². The van der Waals surface area contributed by atoms with Crippen LogP contribution in [0.25, 0.3) is 0 Å². The fraction of sp³-hybridized carbons (Fsp3) is 0.357. The lowest BCUT2D eigenvalue weighted by molar-refractivity contribution is 0.549. The SMILES string of the molecule is Cc1nn(C)c(C)c1S(=O)(=O)N[C@@H](C)c1ccccc1F.